The van der Waals surface area contributed by atoms with Crippen molar-refractivity contribution in [2.45, 2.75) is 38.6 Å². The molecular weight excluding hydrogens is 288 g/mol. The van der Waals surface area contributed by atoms with Crippen molar-refractivity contribution >= 4 is 22.4 Å². The molecule has 0 spiro atoms. The Morgan fingerprint density at radius 1 is 1.39 bits per heavy atom. The number of carbonyl (C=O) groups excluding carboxylic acids is 1. The summed E-state index contributed by atoms with van der Waals surface area (Å²) in [6.45, 7) is 1.69. The van der Waals surface area contributed by atoms with Gasteiger partial charge in [0.2, 0.25) is 0 Å². The quantitative estimate of drug-likeness (QED) is 0.911. The number of aromatic nitrogens is 1. The molecule has 0 radical (unpaired) electrons. The van der Waals surface area contributed by atoms with Gasteiger partial charge in [0.25, 0.3) is 5.91 Å². The maximum Gasteiger partial charge on any atom is 0.253 e. The number of aliphatic hydroxyl groups is 1. The molecule has 0 unspecified atom stereocenters. The first kappa shape index (κ1) is 15.7. The molecule has 1 amide bonds. The maximum atomic E-state index is 12.2. The van der Waals surface area contributed by atoms with E-state index < -0.39 is 0 Å². The predicted octanol–water partition coefficient (Wildman–Crippen LogP) is 3.30. The Morgan fingerprint density at radius 3 is 3.00 bits per heavy atom. The summed E-state index contributed by atoms with van der Waals surface area (Å²) in [7, 11) is 0. The molecule has 120 valence electrons. The SMILES string of the molecule is C[C@@H](CO)NC(=O)c1cnc2c(C3=CCCCC3)cccc2c1. The summed E-state index contributed by atoms with van der Waals surface area (Å²) in [6, 6.07) is 7.72. The van der Waals surface area contributed by atoms with E-state index in [0.717, 1.165) is 23.7 Å². The molecule has 4 heteroatoms. The van der Waals surface area contributed by atoms with Gasteiger partial charge < -0.3 is 10.4 Å². The van der Waals surface area contributed by atoms with Crippen molar-refractivity contribution in [2.75, 3.05) is 6.61 Å². The molecule has 3 rings (SSSR count). The van der Waals surface area contributed by atoms with Crippen LogP contribution in [0, 0.1) is 0 Å². The van der Waals surface area contributed by atoms with Gasteiger partial charge in [-0.3, -0.25) is 9.78 Å². The van der Waals surface area contributed by atoms with Crippen LogP contribution < -0.4 is 5.32 Å². The van der Waals surface area contributed by atoms with E-state index in [1.54, 1.807) is 13.1 Å². The second-order valence-corrected chi connectivity index (χ2v) is 6.13. The second kappa shape index (κ2) is 6.92. The number of hydrogen-bond acceptors (Lipinski definition) is 3. The third kappa shape index (κ3) is 3.42. The van der Waals surface area contributed by atoms with Crippen LogP contribution in [0.2, 0.25) is 0 Å². The third-order valence-corrected chi connectivity index (χ3v) is 4.26. The van der Waals surface area contributed by atoms with Crippen LogP contribution in [0.25, 0.3) is 16.5 Å². The van der Waals surface area contributed by atoms with Gasteiger partial charge in [0.1, 0.15) is 0 Å². The summed E-state index contributed by atoms with van der Waals surface area (Å²) in [5.74, 6) is -0.205. The van der Waals surface area contributed by atoms with Crippen LogP contribution in [0.4, 0.5) is 0 Å². The Hall–Kier alpha value is -2.20. The second-order valence-electron chi connectivity index (χ2n) is 6.13. The fourth-order valence-electron chi connectivity index (χ4n) is 2.98. The highest BCUT2D eigenvalue weighted by molar-refractivity contribution is 5.99. The summed E-state index contributed by atoms with van der Waals surface area (Å²) in [5, 5.41) is 12.8. The molecule has 1 aromatic carbocycles. The van der Waals surface area contributed by atoms with Crippen molar-refractivity contribution in [3.8, 4) is 0 Å². The lowest BCUT2D eigenvalue weighted by Gasteiger charge is -2.15. The highest BCUT2D eigenvalue weighted by atomic mass is 16.3. The van der Waals surface area contributed by atoms with Crippen LogP contribution in [0.1, 0.15) is 48.5 Å². The van der Waals surface area contributed by atoms with E-state index in [4.69, 9.17) is 5.11 Å². The van der Waals surface area contributed by atoms with Crippen molar-refractivity contribution in [3.63, 3.8) is 0 Å². The van der Waals surface area contributed by atoms with Crippen LogP contribution in [0.3, 0.4) is 0 Å². The van der Waals surface area contributed by atoms with E-state index >= 15 is 0 Å². The average Bonchev–Trinajstić information content (AvgIpc) is 2.61. The van der Waals surface area contributed by atoms with Crippen LogP contribution in [-0.2, 0) is 0 Å². The van der Waals surface area contributed by atoms with Crippen molar-refractivity contribution < 1.29 is 9.90 Å². The first-order chi connectivity index (χ1) is 11.2. The molecule has 1 atom stereocenters. The standard InChI is InChI=1S/C19H22N2O2/c1-13(12-22)21-19(23)16-10-15-8-5-9-17(18(15)20-11-16)14-6-3-2-4-7-14/h5-6,8-11,13,22H,2-4,7,12H2,1H3,(H,21,23)/t13-/m0/s1. The first-order valence-corrected chi connectivity index (χ1v) is 8.19. The summed E-state index contributed by atoms with van der Waals surface area (Å²) < 4.78 is 0. The van der Waals surface area contributed by atoms with Crippen molar-refractivity contribution in [3.05, 3.63) is 47.7 Å². The van der Waals surface area contributed by atoms with Crippen molar-refractivity contribution in [2.24, 2.45) is 0 Å². The van der Waals surface area contributed by atoms with Gasteiger partial charge in [-0.1, -0.05) is 24.3 Å². The van der Waals surface area contributed by atoms with Gasteiger partial charge in [0.15, 0.2) is 0 Å². The van der Waals surface area contributed by atoms with E-state index in [-0.39, 0.29) is 18.6 Å². The number of allylic oxidation sites excluding steroid dienone is 2. The average molecular weight is 310 g/mol. The lowest BCUT2D eigenvalue weighted by Crippen LogP contribution is -2.35. The van der Waals surface area contributed by atoms with E-state index in [2.05, 4.69) is 22.4 Å². The number of carbonyl (C=O) groups is 1. The number of benzene rings is 1. The highest BCUT2D eigenvalue weighted by Gasteiger charge is 2.13. The Kier molecular flexibility index (Phi) is 4.72. The minimum Gasteiger partial charge on any atom is -0.394 e. The van der Waals surface area contributed by atoms with Crippen LogP contribution in [-0.4, -0.2) is 28.6 Å². The lowest BCUT2D eigenvalue weighted by atomic mass is 9.92. The largest absolute Gasteiger partial charge is 0.394 e. The number of rotatable bonds is 4. The Labute approximate surface area is 136 Å². The van der Waals surface area contributed by atoms with E-state index in [0.29, 0.717) is 5.56 Å². The Morgan fingerprint density at radius 2 is 2.26 bits per heavy atom. The zero-order valence-electron chi connectivity index (χ0n) is 13.4. The summed E-state index contributed by atoms with van der Waals surface area (Å²) in [5.41, 5.74) is 4.01. The van der Waals surface area contributed by atoms with E-state index in [9.17, 15) is 4.79 Å². The first-order valence-electron chi connectivity index (χ1n) is 8.19. The van der Waals surface area contributed by atoms with Gasteiger partial charge in [-0.05, 0) is 44.2 Å². The third-order valence-electron chi connectivity index (χ3n) is 4.26. The molecule has 0 saturated carbocycles. The molecular formula is C19H22N2O2. The number of nitrogens with one attached hydrogen (secondary N) is 1. The zero-order valence-corrected chi connectivity index (χ0v) is 13.4. The smallest absolute Gasteiger partial charge is 0.253 e. The fourth-order valence-corrected chi connectivity index (χ4v) is 2.98. The summed E-state index contributed by atoms with van der Waals surface area (Å²) >= 11 is 0. The maximum absolute atomic E-state index is 12.2. The number of amides is 1. The molecule has 1 heterocycles. The summed E-state index contributed by atoms with van der Waals surface area (Å²) in [6.07, 6.45) is 8.64. The summed E-state index contributed by atoms with van der Waals surface area (Å²) in [4.78, 5) is 16.7. The molecule has 0 bridgehead atoms. The predicted molar refractivity (Wildman–Crippen MR) is 92.2 cm³/mol. The fraction of sp³-hybridized carbons (Fsp3) is 0.368. The molecule has 1 aliphatic rings. The monoisotopic (exact) mass is 310 g/mol. The van der Waals surface area contributed by atoms with E-state index in [1.165, 1.54) is 24.0 Å². The molecule has 1 aliphatic carbocycles. The number of fused-ring (bicyclic) bond motifs is 1. The number of aliphatic hydroxyl groups excluding tert-OH is 1. The van der Waals surface area contributed by atoms with Gasteiger partial charge >= 0.3 is 0 Å². The van der Waals surface area contributed by atoms with Crippen LogP contribution in [0.5, 0.6) is 0 Å². The molecule has 1 aromatic heterocycles. The van der Waals surface area contributed by atoms with Crippen LogP contribution >= 0.6 is 0 Å². The zero-order chi connectivity index (χ0) is 16.2. The number of pyridine rings is 1. The topological polar surface area (TPSA) is 62.2 Å². The Bertz CT molecular complexity index is 752. The molecule has 4 nitrogen and oxygen atoms in total. The van der Waals surface area contributed by atoms with Crippen molar-refractivity contribution in [1.82, 2.24) is 10.3 Å². The molecule has 2 N–H and O–H groups in total. The minimum atomic E-state index is -0.267. The van der Waals surface area contributed by atoms with Gasteiger partial charge in [0, 0.05) is 23.2 Å². The van der Waals surface area contributed by atoms with Gasteiger partial charge in [-0.15, -0.1) is 0 Å². The van der Waals surface area contributed by atoms with Crippen LogP contribution in [0.15, 0.2) is 36.5 Å². The molecule has 2 aromatic rings. The number of nitrogens with zero attached hydrogens (tertiary/aromatic N) is 1. The molecule has 0 fully saturated rings. The highest BCUT2D eigenvalue weighted by Crippen LogP contribution is 2.31. The molecule has 0 aliphatic heterocycles. The molecule has 23 heavy (non-hydrogen) atoms. The number of para-hydroxylation sites is 1. The van der Waals surface area contributed by atoms with E-state index in [1.807, 2.05) is 18.2 Å². The lowest BCUT2D eigenvalue weighted by molar-refractivity contribution is 0.0922. The molecule has 0 saturated heterocycles. The minimum absolute atomic E-state index is 0.0783. The van der Waals surface area contributed by atoms with Gasteiger partial charge in [0.05, 0.1) is 17.7 Å². The van der Waals surface area contributed by atoms with Gasteiger partial charge in [-0.25, -0.2) is 0 Å². The normalized spacial score (nSPS) is 16.0. The number of hydrogen-bond donors (Lipinski definition) is 2. The van der Waals surface area contributed by atoms with Crippen molar-refractivity contribution in [1.29, 1.82) is 0 Å². The Balaban J connectivity index is 1.95. The van der Waals surface area contributed by atoms with Gasteiger partial charge in [-0.2, -0.15) is 0 Å².